The number of sulfonamides is 1. The molecule has 38 heavy (non-hydrogen) atoms. The van der Waals surface area contributed by atoms with Gasteiger partial charge in [-0.2, -0.15) is 4.31 Å². The van der Waals surface area contributed by atoms with Crippen molar-refractivity contribution in [2.24, 2.45) is 4.99 Å². The molecule has 0 amide bonds. The van der Waals surface area contributed by atoms with Gasteiger partial charge in [0.05, 0.1) is 42.7 Å². The molecular formula is C26H33N5O6S. The molecule has 3 saturated heterocycles. The van der Waals surface area contributed by atoms with Gasteiger partial charge in [0.15, 0.2) is 0 Å². The van der Waals surface area contributed by atoms with Gasteiger partial charge in [0.25, 0.3) is 5.69 Å². The summed E-state index contributed by atoms with van der Waals surface area (Å²) in [4.78, 5) is 20.0. The number of non-ortho nitro benzene ring substituents is 1. The van der Waals surface area contributed by atoms with Gasteiger partial charge < -0.3 is 19.3 Å². The quantitative estimate of drug-likeness (QED) is 0.297. The van der Waals surface area contributed by atoms with Crippen LogP contribution < -0.4 is 9.80 Å². The van der Waals surface area contributed by atoms with E-state index in [0.717, 1.165) is 24.9 Å². The smallest absolute Gasteiger partial charge is 0.270 e. The summed E-state index contributed by atoms with van der Waals surface area (Å²) in [5.74, 6) is 0. The number of hydrogen-bond acceptors (Lipinski definition) is 9. The molecule has 12 heteroatoms. The van der Waals surface area contributed by atoms with Gasteiger partial charge in [-0.3, -0.25) is 15.1 Å². The zero-order valence-electron chi connectivity index (χ0n) is 21.3. The first-order chi connectivity index (χ1) is 18.4. The van der Waals surface area contributed by atoms with E-state index in [0.29, 0.717) is 82.6 Å². The largest absolute Gasteiger partial charge is 0.378 e. The fourth-order valence-electron chi connectivity index (χ4n) is 5.09. The molecule has 3 aliphatic heterocycles. The summed E-state index contributed by atoms with van der Waals surface area (Å²) in [6.45, 7) is 5.83. The number of morpholine rings is 2. The van der Waals surface area contributed by atoms with Crippen LogP contribution in [0, 0.1) is 10.1 Å². The lowest BCUT2D eigenvalue weighted by Crippen LogP contribution is -2.39. The van der Waals surface area contributed by atoms with E-state index >= 15 is 0 Å². The second-order valence-corrected chi connectivity index (χ2v) is 11.5. The van der Waals surface area contributed by atoms with Crippen LogP contribution in [0.3, 0.4) is 0 Å². The average Bonchev–Trinajstić information content (AvgIpc) is 2.97. The summed E-state index contributed by atoms with van der Waals surface area (Å²) in [5.41, 5.74) is 2.52. The Kier molecular flexibility index (Phi) is 8.22. The van der Waals surface area contributed by atoms with Crippen LogP contribution in [0.4, 0.5) is 22.7 Å². The van der Waals surface area contributed by atoms with Crippen LogP contribution in [0.5, 0.6) is 0 Å². The maximum atomic E-state index is 13.8. The Morgan fingerprint density at radius 2 is 1.42 bits per heavy atom. The van der Waals surface area contributed by atoms with E-state index in [1.165, 1.54) is 12.1 Å². The number of hydrogen-bond donors (Lipinski definition) is 0. The van der Waals surface area contributed by atoms with E-state index < -0.39 is 14.9 Å². The van der Waals surface area contributed by atoms with Gasteiger partial charge in [-0.25, -0.2) is 8.42 Å². The van der Waals surface area contributed by atoms with Gasteiger partial charge in [0.1, 0.15) is 4.90 Å². The summed E-state index contributed by atoms with van der Waals surface area (Å²) < 4.78 is 40.1. The van der Waals surface area contributed by atoms with Crippen LogP contribution >= 0.6 is 0 Å². The highest BCUT2D eigenvalue weighted by molar-refractivity contribution is 7.89. The number of nitrogens with zero attached hydrogens (tertiary/aromatic N) is 5. The van der Waals surface area contributed by atoms with Gasteiger partial charge in [-0.15, -0.1) is 0 Å². The van der Waals surface area contributed by atoms with Gasteiger partial charge in [-0.05, 0) is 37.1 Å². The van der Waals surface area contributed by atoms with E-state index in [2.05, 4.69) is 9.89 Å². The Balaban J connectivity index is 1.52. The number of ether oxygens (including phenoxy) is 2. The van der Waals surface area contributed by atoms with Crippen molar-refractivity contribution in [1.29, 1.82) is 0 Å². The lowest BCUT2D eigenvalue weighted by Gasteiger charge is -2.32. The van der Waals surface area contributed by atoms with Gasteiger partial charge in [0, 0.05) is 68.9 Å². The first-order valence-electron chi connectivity index (χ1n) is 13.1. The maximum absolute atomic E-state index is 13.8. The third-order valence-corrected chi connectivity index (χ3v) is 9.08. The van der Waals surface area contributed by atoms with Crippen molar-refractivity contribution in [1.82, 2.24) is 4.31 Å². The first-order valence-corrected chi connectivity index (χ1v) is 14.5. The van der Waals surface area contributed by atoms with Gasteiger partial charge >= 0.3 is 0 Å². The Morgan fingerprint density at radius 3 is 2.05 bits per heavy atom. The molecule has 11 nitrogen and oxygen atoms in total. The first kappa shape index (κ1) is 26.5. The number of anilines is 2. The van der Waals surface area contributed by atoms with Crippen molar-refractivity contribution in [3.63, 3.8) is 0 Å². The third-order valence-electron chi connectivity index (χ3n) is 7.15. The van der Waals surface area contributed by atoms with Crippen LogP contribution in [0.2, 0.25) is 0 Å². The van der Waals surface area contributed by atoms with Crippen molar-refractivity contribution in [3.8, 4) is 0 Å². The summed E-state index contributed by atoms with van der Waals surface area (Å²) in [5, 5.41) is 11.5. The van der Waals surface area contributed by atoms with Crippen LogP contribution in [-0.2, 0) is 19.5 Å². The summed E-state index contributed by atoms with van der Waals surface area (Å²) in [7, 11) is -3.73. The molecule has 3 fully saturated rings. The highest BCUT2D eigenvalue weighted by Gasteiger charge is 2.30. The Bertz CT molecular complexity index is 1280. The van der Waals surface area contributed by atoms with Crippen LogP contribution in [-0.4, -0.2) is 89.6 Å². The number of piperidine rings is 1. The van der Waals surface area contributed by atoms with E-state index in [4.69, 9.17) is 9.47 Å². The minimum absolute atomic E-state index is 0.0282. The SMILES string of the molecule is O=[N+]([O-])c1ccc(N2CCOCC2)c(C=Nc2ccc(N3CCOCC3)c(S(=O)(=O)N3CCCCC3)c2)c1. The molecule has 2 aromatic carbocycles. The lowest BCUT2D eigenvalue weighted by molar-refractivity contribution is -0.384. The molecule has 0 unspecified atom stereocenters. The summed E-state index contributed by atoms with van der Waals surface area (Å²) >= 11 is 0. The molecule has 5 rings (SSSR count). The standard InChI is InChI=1S/C26H33N5O6S/c32-31(33)23-5-7-24(28-10-14-36-15-11-28)21(18-23)20-27-22-4-6-25(29-12-16-37-17-13-29)26(19-22)38(34,35)30-8-2-1-3-9-30/h4-7,18-20H,1-3,8-17H2. The van der Waals surface area contributed by atoms with Crippen LogP contribution in [0.15, 0.2) is 46.3 Å². The van der Waals surface area contributed by atoms with Crippen molar-refractivity contribution in [3.05, 3.63) is 52.1 Å². The lowest BCUT2D eigenvalue weighted by atomic mass is 10.1. The predicted molar refractivity (Wildman–Crippen MR) is 145 cm³/mol. The topological polar surface area (TPSA) is 118 Å². The van der Waals surface area contributed by atoms with E-state index in [1.54, 1.807) is 28.7 Å². The molecule has 0 radical (unpaired) electrons. The number of nitro groups is 1. The van der Waals surface area contributed by atoms with Gasteiger partial charge in [0.2, 0.25) is 10.0 Å². The van der Waals surface area contributed by atoms with Crippen molar-refractivity contribution >= 4 is 39.0 Å². The Labute approximate surface area is 222 Å². The molecule has 0 saturated carbocycles. The van der Waals surface area contributed by atoms with E-state index in [-0.39, 0.29) is 10.6 Å². The Morgan fingerprint density at radius 1 is 0.816 bits per heavy atom. The molecule has 0 spiro atoms. The predicted octanol–water partition coefficient (Wildman–Crippen LogP) is 3.19. The zero-order chi connectivity index (χ0) is 26.5. The molecule has 0 N–H and O–H groups in total. The molecule has 3 heterocycles. The highest BCUT2D eigenvalue weighted by atomic mass is 32.2. The van der Waals surface area contributed by atoms with Crippen molar-refractivity contribution in [2.75, 3.05) is 75.5 Å². The van der Waals surface area contributed by atoms with Crippen LogP contribution in [0.25, 0.3) is 0 Å². The molecule has 204 valence electrons. The zero-order valence-corrected chi connectivity index (χ0v) is 22.1. The Hall–Kier alpha value is -3.06. The molecule has 3 aliphatic rings. The second kappa shape index (κ2) is 11.8. The fourth-order valence-corrected chi connectivity index (χ4v) is 6.84. The average molecular weight is 544 g/mol. The van der Waals surface area contributed by atoms with Crippen LogP contribution in [0.1, 0.15) is 24.8 Å². The van der Waals surface area contributed by atoms with Gasteiger partial charge in [-0.1, -0.05) is 6.42 Å². The minimum Gasteiger partial charge on any atom is -0.378 e. The molecule has 0 atom stereocenters. The van der Waals surface area contributed by atoms with E-state index in [1.807, 2.05) is 11.0 Å². The fraction of sp³-hybridized carbons (Fsp3) is 0.500. The molecule has 0 bridgehead atoms. The normalized spacial score (nSPS) is 19.7. The minimum atomic E-state index is -3.73. The number of aliphatic imine (C=N–C) groups is 1. The molecule has 0 aromatic heterocycles. The molecule has 2 aromatic rings. The number of benzene rings is 2. The molecule has 0 aliphatic carbocycles. The van der Waals surface area contributed by atoms with Crippen molar-refractivity contribution in [2.45, 2.75) is 24.2 Å². The summed E-state index contributed by atoms with van der Waals surface area (Å²) in [6, 6.07) is 9.95. The third kappa shape index (κ3) is 5.83. The monoisotopic (exact) mass is 543 g/mol. The molecular weight excluding hydrogens is 510 g/mol. The van der Waals surface area contributed by atoms with Crippen molar-refractivity contribution < 1.29 is 22.8 Å². The number of nitro benzene ring substituents is 1. The number of rotatable bonds is 7. The summed E-state index contributed by atoms with van der Waals surface area (Å²) in [6.07, 6.45) is 4.31. The highest BCUT2D eigenvalue weighted by Crippen LogP contribution is 2.34. The maximum Gasteiger partial charge on any atom is 0.270 e. The second-order valence-electron chi connectivity index (χ2n) is 9.57. The van der Waals surface area contributed by atoms with E-state index in [9.17, 15) is 18.5 Å².